The summed E-state index contributed by atoms with van der Waals surface area (Å²) in [5.41, 5.74) is 1.61. The van der Waals surface area contributed by atoms with Gasteiger partial charge in [-0.15, -0.1) is 0 Å². The van der Waals surface area contributed by atoms with Crippen molar-refractivity contribution in [3.63, 3.8) is 0 Å². The van der Waals surface area contributed by atoms with Gasteiger partial charge in [0, 0.05) is 11.1 Å². The first kappa shape index (κ1) is 16.8. The predicted octanol–water partition coefficient (Wildman–Crippen LogP) is 4.57. The van der Waals surface area contributed by atoms with Crippen LogP contribution < -0.4 is 9.47 Å². The summed E-state index contributed by atoms with van der Waals surface area (Å²) >= 11 is 5.95. The van der Waals surface area contributed by atoms with Gasteiger partial charge in [-0.25, -0.2) is 0 Å². The van der Waals surface area contributed by atoms with Gasteiger partial charge in [-0.05, 0) is 42.3 Å². The van der Waals surface area contributed by atoms with E-state index in [1.165, 1.54) is 6.08 Å². The lowest BCUT2D eigenvalue weighted by Crippen LogP contribution is -2.00. The minimum atomic E-state index is -0.510. The third-order valence-electron chi connectivity index (χ3n) is 2.94. The van der Waals surface area contributed by atoms with E-state index in [0.717, 1.165) is 11.8 Å². The molecule has 0 N–H and O–H groups in total. The Morgan fingerprint density at radius 1 is 1.17 bits per heavy atom. The standard InChI is InChI=1S/C17H16ClNO4/c1-2-22-17-11-13(8-9-19(20)21)6-7-16(17)23-12-14-4-3-5-15(18)10-14/h3-11H,2,12H2,1H3/b9-8+. The van der Waals surface area contributed by atoms with Gasteiger partial charge in [0.2, 0.25) is 6.20 Å². The van der Waals surface area contributed by atoms with Gasteiger partial charge in [-0.2, -0.15) is 0 Å². The fourth-order valence-corrected chi connectivity index (χ4v) is 2.16. The van der Waals surface area contributed by atoms with Gasteiger partial charge in [0.15, 0.2) is 11.5 Å². The van der Waals surface area contributed by atoms with Crippen molar-refractivity contribution in [3.05, 3.63) is 74.9 Å². The van der Waals surface area contributed by atoms with Crippen LogP contribution in [-0.4, -0.2) is 11.5 Å². The molecule has 0 saturated carbocycles. The molecule has 2 aromatic rings. The van der Waals surface area contributed by atoms with Gasteiger partial charge >= 0.3 is 0 Å². The summed E-state index contributed by atoms with van der Waals surface area (Å²) in [5, 5.41) is 11.0. The van der Waals surface area contributed by atoms with Gasteiger partial charge < -0.3 is 9.47 Å². The fourth-order valence-electron chi connectivity index (χ4n) is 1.95. The van der Waals surface area contributed by atoms with Crippen molar-refractivity contribution in [2.45, 2.75) is 13.5 Å². The highest BCUT2D eigenvalue weighted by Gasteiger charge is 2.07. The summed E-state index contributed by atoms with van der Waals surface area (Å²) in [4.78, 5) is 9.88. The van der Waals surface area contributed by atoms with E-state index in [1.54, 1.807) is 24.3 Å². The van der Waals surface area contributed by atoms with E-state index in [-0.39, 0.29) is 0 Å². The number of ether oxygens (including phenoxy) is 2. The minimum absolute atomic E-state index is 0.352. The van der Waals surface area contributed by atoms with Crippen LogP contribution >= 0.6 is 11.6 Å². The number of hydrogen-bond donors (Lipinski definition) is 0. The number of nitro groups is 1. The summed E-state index contributed by atoms with van der Waals surface area (Å²) in [6.07, 6.45) is 2.29. The Morgan fingerprint density at radius 3 is 2.70 bits per heavy atom. The molecule has 0 aliphatic carbocycles. The van der Waals surface area contributed by atoms with Gasteiger partial charge in [0.1, 0.15) is 6.61 Å². The molecule has 120 valence electrons. The smallest absolute Gasteiger partial charge is 0.235 e. The zero-order valence-electron chi connectivity index (χ0n) is 12.6. The Labute approximate surface area is 139 Å². The van der Waals surface area contributed by atoms with E-state index in [1.807, 2.05) is 25.1 Å². The maximum atomic E-state index is 10.4. The Kier molecular flexibility index (Phi) is 6.00. The second kappa shape index (κ2) is 8.19. The SMILES string of the molecule is CCOc1cc(/C=C/[N+](=O)[O-])ccc1OCc1cccc(Cl)c1. The quantitative estimate of drug-likeness (QED) is 0.550. The molecular formula is C17H16ClNO4. The van der Waals surface area contributed by atoms with Gasteiger partial charge in [0.05, 0.1) is 11.5 Å². The fraction of sp³-hybridized carbons (Fsp3) is 0.176. The van der Waals surface area contributed by atoms with Crippen molar-refractivity contribution in [2.75, 3.05) is 6.61 Å². The van der Waals surface area contributed by atoms with Crippen LogP contribution in [0.4, 0.5) is 0 Å². The Balaban J connectivity index is 2.15. The zero-order chi connectivity index (χ0) is 16.7. The average Bonchev–Trinajstić information content (AvgIpc) is 2.52. The molecule has 0 amide bonds. The summed E-state index contributed by atoms with van der Waals surface area (Å²) in [6, 6.07) is 12.6. The van der Waals surface area contributed by atoms with Gasteiger partial charge in [0.25, 0.3) is 0 Å². The Morgan fingerprint density at radius 2 is 2.00 bits per heavy atom. The molecule has 0 fully saturated rings. The molecule has 0 saturated heterocycles. The van der Waals surface area contributed by atoms with Crippen LogP contribution in [0.1, 0.15) is 18.1 Å². The van der Waals surface area contributed by atoms with Crippen molar-refractivity contribution in [2.24, 2.45) is 0 Å². The molecule has 0 aliphatic heterocycles. The molecular weight excluding hydrogens is 318 g/mol. The van der Waals surface area contributed by atoms with E-state index in [9.17, 15) is 10.1 Å². The van der Waals surface area contributed by atoms with Gasteiger partial charge in [-0.3, -0.25) is 10.1 Å². The number of halogens is 1. The number of nitrogens with zero attached hydrogens (tertiary/aromatic N) is 1. The molecule has 2 aromatic carbocycles. The van der Waals surface area contributed by atoms with Crippen LogP contribution in [0, 0.1) is 10.1 Å². The van der Waals surface area contributed by atoms with Crippen LogP contribution in [-0.2, 0) is 6.61 Å². The first-order valence-electron chi connectivity index (χ1n) is 7.04. The monoisotopic (exact) mass is 333 g/mol. The van der Waals surface area contributed by atoms with Crippen molar-refractivity contribution in [1.82, 2.24) is 0 Å². The van der Waals surface area contributed by atoms with E-state index in [0.29, 0.717) is 35.3 Å². The summed E-state index contributed by atoms with van der Waals surface area (Å²) < 4.78 is 11.3. The first-order valence-corrected chi connectivity index (χ1v) is 7.42. The summed E-state index contributed by atoms with van der Waals surface area (Å²) in [7, 11) is 0. The molecule has 5 nitrogen and oxygen atoms in total. The molecule has 0 aliphatic rings. The average molecular weight is 334 g/mol. The molecule has 0 unspecified atom stereocenters. The second-order valence-corrected chi connectivity index (χ2v) is 5.10. The topological polar surface area (TPSA) is 61.6 Å². The summed E-state index contributed by atoms with van der Waals surface area (Å²) in [5.74, 6) is 1.12. The number of hydrogen-bond acceptors (Lipinski definition) is 4. The lowest BCUT2D eigenvalue weighted by atomic mass is 10.2. The molecule has 0 bridgehead atoms. The maximum absolute atomic E-state index is 10.4. The van der Waals surface area contributed by atoms with Crippen LogP contribution in [0.25, 0.3) is 6.08 Å². The Bertz CT molecular complexity index is 715. The van der Waals surface area contributed by atoms with E-state index in [4.69, 9.17) is 21.1 Å². The second-order valence-electron chi connectivity index (χ2n) is 4.66. The molecule has 2 rings (SSSR count). The molecule has 0 aromatic heterocycles. The molecule has 0 heterocycles. The third-order valence-corrected chi connectivity index (χ3v) is 3.17. The van der Waals surface area contributed by atoms with Crippen LogP contribution in [0.2, 0.25) is 5.02 Å². The molecule has 0 spiro atoms. The lowest BCUT2D eigenvalue weighted by Gasteiger charge is -2.12. The lowest BCUT2D eigenvalue weighted by molar-refractivity contribution is -0.400. The molecule has 6 heteroatoms. The highest BCUT2D eigenvalue weighted by molar-refractivity contribution is 6.30. The molecule has 0 atom stereocenters. The van der Waals surface area contributed by atoms with Crippen LogP contribution in [0.3, 0.4) is 0 Å². The molecule has 0 radical (unpaired) electrons. The van der Waals surface area contributed by atoms with Crippen LogP contribution in [0.15, 0.2) is 48.7 Å². The number of rotatable bonds is 7. The number of benzene rings is 2. The van der Waals surface area contributed by atoms with Crippen LogP contribution in [0.5, 0.6) is 11.5 Å². The minimum Gasteiger partial charge on any atom is -0.490 e. The van der Waals surface area contributed by atoms with E-state index >= 15 is 0 Å². The van der Waals surface area contributed by atoms with Crippen molar-refractivity contribution in [3.8, 4) is 11.5 Å². The first-order chi connectivity index (χ1) is 11.1. The van der Waals surface area contributed by atoms with E-state index < -0.39 is 4.92 Å². The van der Waals surface area contributed by atoms with Crippen molar-refractivity contribution in [1.29, 1.82) is 0 Å². The van der Waals surface area contributed by atoms with E-state index in [2.05, 4.69) is 0 Å². The maximum Gasteiger partial charge on any atom is 0.235 e. The Hall–Kier alpha value is -2.53. The largest absolute Gasteiger partial charge is 0.490 e. The molecule has 23 heavy (non-hydrogen) atoms. The normalized spacial score (nSPS) is 10.7. The van der Waals surface area contributed by atoms with Crippen molar-refractivity contribution >= 4 is 17.7 Å². The zero-order valence-corrected chi connectivity index (χ0v) is 13.3. The van der Waals surface area contributed by atoms with Crippen molar-refractivity contribution < 1.29 is 14.4 Å². The predicted molar refractivity (Wildman–Crippen MR) is 89.4 cm³/mol. The highest BCUT2D eigenvalue weighted by Crippen LogP contribution is 2.30. The summed E-state index contributed by atoms with van der Waals surface area (Å²) in [6.45, 7) is 2.68. The third kappa shape index (κ3) is 5.30. The highest BCUT2D eigenvalue weighted by atomic mass is 35.5. The van der Waals surface area contributed by atoms with Gasteiger partial charge in [-0.1, -0.05) is 29.8 Å².